The Kier molecular flexibility index (Phi) is 6.45. The standard InChI is InChI=1S/C23H19ClN4O2S/c24-19-9-8-16(13-20(19)27-23(30)21-7-3-12-31-21)22(29)25-14-17-5-1-2-6-18(17)15-28-11-4-10-26-28/h1-13H,14-15H2,(H,25,29)(H,27,30). The molecule has 2 heterocycles. The Balaban J connectivity index is 1.44. The summed E-state index contributed by atoms with van der Waals surface area (Å²) >= 11 is 7.55. The minimum Gasteiger partial charge on any atom is -0.348 e. The summed E-state index contributed by atoms with van der Waals surface area (Å²) in [5.41, 5.74) is 2.89. The molecule has 0 unspecified atom stereocenters. The van der Waals surface area contributed by atoms with Crippen molar-refractivity contribution in [2.45, 2.75) is 13.1 Å². The second-order valence-electron chi connectivity index (χ2n) is 6.78. The number of hydrogen-bond donors (Lipinski definition) is 2. The van der Waals surface area contributed by atoms with Crippen molar-refractivity contribution in [2.24, 2.45) is 0 Å². The van der Waals surface area contributed by atoms with E-state index in [2.05, 4.69) is 15.7 Å². The number of amides is 2. The summed E-state index contributed by atoms with van der Waals surface area (Å²) < 4.78 is 1.84. The van der Waals surface area contributed by atoms with E-state index in [9.17, 15) is 9.59 Å². The number of nitrogens with one attached hydrogen (secondary N) is 2. The molecule has 0 aliphatic rings. The molecular weight excluding hydrogens is 432 g/mol. The molecule has 0 bridgehead atoms. The second kappa shape index (κ2) is 9.59. The third kappa shape index (κ3) is 5.20. The SMILES string of the molecule is O=C(NCc1ccccc1Cn1cccn1)c1ccc(Cl)c(NC(=O)c2cccs2)c1. The summed E-state index contributed by atoms with van der Waals surface area (Å²) in [5.74, 6) is -0.515. The number of aromatic nitrogens is 2. The van der Waals surface area contributed by atoms with Crippen LogP contribution in [0.25, 0.3) is 0 Å². The minimum atomic E-state index is -0.262. The van der Waals surface area contributed by atoms with E-state index in [1.807, 2.05) is 46.6 Å². The Morgan fingerprint density at radius 3 is 2.58 bits per heavy atom. The van der Waals surface area contributed by atoms with Crippen molar-refractivity contribution in [1.82, 2.24) is 15.1 Å². The van der Waals surface area contributed by atoms with Crippen molar-refractivity contribution in [3.05, 3.63) is 105 Å². The van der Waals surface area contributed by atoms with Crippen LogP contribution in [0.4, 0.5) is 5.69 Å². The zero-order valence-electron chi connectivity index (χ0n) is 16.4. The fraction of sp³-hybridized carbons (Fsp3) is 0.0870. The molecule has 4 rings (SSSR count). The van der Waals surface area contributed by atoms with Gasteiger partial charge in [-0.3, -0.25) is 14.3 Å². The van der Waals surface area contributed by atoms with Crippen molar-refractivity contribution in [3.8, 4) is 0 Å². The van der Waals surface area contributed by atoms with Crippen LogP contribution in [0.5, 0.6) is 0 Å². The lowest BCUT2D eigenvalue weighted by Gasteiger charge is -2.12. The predicted molar refractivity (Wildman–Crippen MR) is 123 cm³/mol. The molecule has 8 heteroatoms. The number of thiophene rings is 1. The highest BCUT2D eigenvalue weighted by Crippen LogP contribution is 2.24. The van der Waals surface area contributed by atoms with Crippen LogP contribution in [0, 0.1) is 0 Å². The minimum absolute atomic E-state index is 0.253. The smallest absolute Gasteiger partial charge is 0.265 e. The topological polar surface area (TPSA) is 76.0 Å². The van der Waals surface area contributed by atoms with E-state index in [0.29, 0.717) is 34.2 Å². The van der Waals surface area contributed by atoms with Gasteiger partial charge in [-0.15, -0.1) is 11.3 Å². The van der Waals surface area contributed by atoms with E-state index >= 15 is 0 Å². The third-order valence-electron chi connectivity index (χ3n) is 4.67. The maximum absolute atomic E-state index is 12.7. The van der Waals surface area contributed by atoms with Gasteiger partial charge in [-0.05, 0) is 46.8 Å². The molecule has 2 N–H and O–H groups in total. The summed E-state index contributed by atoms with van der Waals surface area (Å²) in [6.07, 6.45) is 3.63. The quantitative estimate of drug-likeness (QED) is 0.423. The monoisotopic (exact) mass is 450 g/mol. The number of hydrogen-bond acceptors (Lipinski definition) is 4. The van der Waals surface area contributed by atoms with Crippen molar-refractivity contribution >= 4 is 40.4 Å². The average Bonchev–Trinajstić information content (AvgIpc) is 3.49. The molecule has 0 saturated carbocycles. The second-order valence-corrected chi connectivity index (χ2v) is 8.14. The van der Waals surface area contributed by atoms with Crippen LogP contribution in [0.1, 0.15) is 31.2 Å². The number of benzene rings is 2. The number of halogens is 1. The lowest BCUT2D eigenvalue weighted by Crippen LogP contribution is -2.24. The highest BCUT2D eigenvalue weighted by atomic mass is 35.5. The van der Waals surface area contributed by atoms with Crippen LogP contribution in [0.15, 0.2) is 78.4 Å². The van der Waals surface area contributed by atoms with Crippen LogP contribution >= 0.6 is 22.9 Å². The Hall–Kier alpha value is -3.42. The van der Waals surface area contributed by atoms with Gasteiger partial charge in [-0.1, -0.05) is 41.9 Å². The van der Waals surface area contributed by atoms with E-state index in [1.54, 1.807) is 36.5 Å². The van der Waals surface area contributed by atoms with Gasteiger partial charge < -0.3 is 10.6 Å². The average molecular weight is 451 g/mol. The molecule has 0 aliphatic heterocycles. The summed E-state index contributed by atoms with van der Waals surface area (Å²) in [6.45, 7) is 0.995. The van der Waals surface area contributed by atoms with Crippen LogP contribution in [-0.4, -0.2) is 21.6 Å². The van der Waals surface area contributed by atoms with Crippen molar-refractivity contribution in [2.75, 3.05) is 5.32 Å². The van der Waals surface area contributed by atoms with Gasteiger partial charge >= 0.3 is 0 Å². The first-order valence-corrected chi connectivity index (χ1v) is 10.8. The Morgan fingerprint density at radius 2 is 1.84 bits per heavy atom. The van der Waals surface area contributed by atoms with E-state index in [4.69, 9.17) is 11.6 Å². The van der Waals surface area contributed by atoms with Gasteiger partial charge in [0.25, 0.3) is 11.8 Å². The molecule has 2 amide bonds. The zero-order valence-corrected chi connectivity index (χ0v) is 18.0. The molecule has 0 fully saturated rings. The van der Waals surface area contributed by atoms with Gasteiger partial charge in [0.15, 0.2) is 0 Å². The van der Waals surface area contributed by atoms with Crippen molar-refractivity contribution in [1.29, 1.82) is 0 Å². The van der Waals surface area contributed by atoms with Crippen molar-refractivity contribution < 1.29 is 9.59 Å². The van der Waals surface area contributed by atoms with Gasteiger partial charge in [-0.25, -0.2) is 0 Å². The van der Waals surface area contributed by atoms with Crippen LogP contribution in [0.3, 0.4) is 0 Å². The number of carbonyl (C=O) groups is 2. The summed E-state index contributed by atoms with van der Waals surface area (Å²) in [4.78, 5) is 25.6. The van der Waals surface area contributed by atoms with E-state index in [1.165, 1.54) is 11.3 Å². The summed E-state index contributed by atoms with van der Waals surface area (Å²) in [5, 5.41) is 12.1. The van der Waals surface area contributed by atoms with Crippen LogP contribution in [0.2, 0.25) is 5.02 Å². The number of anilines is 1. The maximum Gasteiger partial charge on any atom is 0.265 e. The first-order valence-electron chi connectivity index (χ1n) is 9.57. The Labute approximate surface area is 188 Å². The van der Waals surface area contributed by atoms with E-state index in [0.717, 1.165) is 11.1 Å². The van der Waals surface area contributed by atoms with Crippen LogP contribution < -0.4 is 10.6 Å². The first kappa shape index (κ1) is 20.8. The molecule has 2 aromatic carbocycles. The molecule has 31 heavy (non-hydrogen) atoms. The molecule has 0 spiro atoms. The normalized spacial score (nSPS) is 10.6. The van der Waals surface area contributed by atoms with E-state index in [-0.39, 0.29) is 11.8 Å². The first-order chi connectivity index (χ1) is 15.1. The van der Waals surface area contributed by atoms with Crippen molar-refractivity contribution in [3.63, 3.8) is 0 Å². The molecule has 2 aromatic heterocycles. The van der Waals surface area contributed by atoms with Crippen LogP contribution in [-0.2, 0) is 13.1 Å². The fourth-order valence-electron chi connectivity index (χ4n) is 3.08. The number of rotatable bonds is 7. The molecule has 0 radical (unpaired) electrons. The largest absolute Gasteiger partial charge is 0.348 e. The highest BCUT2D eigenvalue weighted by molar-refractivity contribution is 7.12. The molecular formula is C23H19ClN4O2S. The number of nitrogens with zero attached hydrogens (tertiary/aromatic N) is 2. The van der Waals surface area contributed by atoms with Gasteiger partial charge in [-0.2, -0.15) is 5.10 Å². The Morgan fingerprint density at radius 1 is 1.00 bits per heavy atom. The molecule has 6 nitrogen and oxygen atoms in total. The molecule has 0 saturated heterocycles. The summed E-state index contributed by atoms with van der Waals surface area (Å²) in [7, 11) is 0. The lowest BCUT2D eigenvalue weighted by atomic mass is 10.1. The fourth-order valence-corrected chi connectivity index (χ4v) is 3.87. The third-order valence-corrected chi connectivity index (χ3v) is 5.87. The molecule has 156 valence electrons. The molecule has 0 atom stereocenters. The Bertz CT molecular complexity index is 1190. The molecule has 0 aliphatic carbocycles. The highest BCUT2D eigenvalue weighted by Gasteiger charge is 2.13. The number of carbonyl (C=O) groups excluding carboxylic acids is 2. The zero-order chi connectivity index (χ0) is 21.6. The molecule has 4 aromatic rings. The maximum atomic E-state index is 12.7. The lowest BCUT2D eigenvalue weighted by molar-refractivity contribution is 0.0949. The summed E-state index contributed by atoms with van der Waals surface area (Å²) in [6, 6.07) is 18.1. The van der Waals surface area contributed by atoms with Gasteiger partial charge in [0.1, 0.15) is 0 Å². The van der Waals surface area contributed by atoms with Gasteiger partial charge in [0.05, 0.1) is 22.1 Å². The van der Waals surface area contributed by atoms with Gasteiger partial charge in [0.2, 0.25) is 0 Å². The van der Waals surface area contributed by atoms with Gasteiger partial charge in [0, 0.05) is 24.5 Å². The van der Waals surface area contributed by atoms with E-state index < -0.39 is 0 Å². The predicted octanol–water partition coefficient (Wildman–Crippen LogP) is 4.83.